The van der Waals surface area contributed by atoms with Gasteiger partial charge in [-0.15, -0.1) is 0 Å². The van der Waals surface area contributed by atoms with Gasteiger partial charge in [0.2, 0.25) is 0 Å². The van der Waals surface area contributed by atoms with E-state index in [1.807, 2.05) is 24.3 Å². The molecular formula is C20H25FN2O. The van der Waals surface area contributed by atoms with E-state index < -0.39 is 6.67 Å². The molecule has 0 aliphatic rings. The van der Waals surface area contributed by atoms with Crippen LogP contribution in [-0.2, 0) is 0 Å². The van der Waals surface area contributed by atoms with Crippen molar-refractivity contribution in [3.8, 4) is 5.75 Å². The maximum atomic E-state index is 12.2. The average molecular weight is 328 g/mol. The van der Waals surface area contributed by atoms with E-state index in [0.717, 1.165) is 23.2 Å². The molecule has 0 amide bonds. The van der Waals surface area contributed by atoms with Gasteiger partial charge in [-0.3, -0.25) is 0 Å². The molecule has 0 aliphatic carbocycles. The van der Waals surface area contributed by atoms with Gasteiger partial charge in [0.15, 0.2) is 0 Å². The molecule has 0 spiro atoms. The molecule has 3 N–H and O–H groups in total. The van der Waals surface area contributed by atoms with Crippen molar-refractivity contribution < 1.29 is 9.13 Å². The van der Waals surface area contributed by atoms with E-state index in [2.05, 4.69) is 43.4 Å². The van der Waals surface area contributed by atoms with Crippen molar-refractivity contribution >= 4 is 23.5 Å². The summed E-state index contributed by atoms with van der Waals surface area (Å²) in [5, 5.41) is 3.44. The lowest BCUT2D eigenvalue weighted by Gasteiger charge is -2.12. The molecule has 0 fully saturated rings. The van der Waals surface area contributed by atoms with E-state index >= 15 is 0 Å². The number of benzene rings is 2. The highest BCUT2D eigenvalue weighted by Crippen LogP contribution is 2.24. The van der Waals surface area contributed by atoms with Crippen molar-refractivity contribution in [3.05, 3.63) is 53.6 Å². The molecule has 3 nitrogen and oxygen atoms in total. The molecule has 2 aromatic rings. The highest BCUT2D eigenvalue weighted by atomic mass is 19.1. The third kappa shape index (κ3) is 5.30. The maximum Gasteiger partial charge on any atom is 0.142 e. The molecule has 4 heteroatoms. The molecule has 2 rings (SSSR count). The number of anilines is 2. The third-order valence-corrected chi connectivity index (χ3v) is 3.78. The number of ether oxygens (including phenoxy) is 1. The van der Waals surface area contributed by atoms with Gasteiger partial charge in [0.1, 0.15) is 19.0 Å². The minimum atomic E-state index is -0.531. The second-order valence-electron chi connectivity index (χ2n) is 5.74. The lowest BCUT2D eigenvalue weighted by atomic mass is 10.1. The molecule has 0 heterocycles. The molecular weight excluding hydrogens is 303 g/mol. The SMILES string of the molecule is CCC(C)Nc1ccc(C=Cc2ccc(N)c(OCCF)c2)cc1. The monoisotopic (exact) mass is 328 g/mol. The highest BCUT2D eigenvalue weighted by Gasteiger charge is 2.01. The van der Waals surface area contributed by atoms with Crippen LogP contribution in [0.5, 0.6) is 5.75 Å². The zero-order valence-electron chi connectivity index (χ0n) is 14.3. The fraction of sp³-hybridized carbons (Fsp3) is 0.300. The highest BCUT2D eigenvalue weighted by molar-refractivity contribution is 5.72. The first-order chi connectivity index (χ1) is 11.6. The van der Waals surface area contributed by atoms with E-state index in [9.17, 15) is 4.39 Å². The largest absolute Gasteiger partial charge is 0.489 e. The Kier molecular flexibility index (Phi) is 6.67. The van der Waals surface area contributed by atoms with Crippen LogP contribution < -0.4 is 15.8 Å². The first-order valence-electron chi connectivity index (χ1n) is 8.25. The quantitative estimate of drug-likeness (QED) is 0.529. The predicted octanol–water partition coefficient (Wildman–Crippen LogP) is 5.00. The molecule has 1 atom stereocenters. The summed E-state index contributed by atoms with van der Waals surface area (Å²) in [6, 6.07) is 14.2. The van der Waals surface area contributed by atoms with Crippen molar-refractivity contribution in [2.24, 2.45) is 0 Å². The Hall–Kier alpha value is -2.49. The normalized spacial score (nSPS) is 12.3. The summed E-state index contributed by atoms with van der Waals surface area (Å²) in [5.74, 6) is 0.517. The first-order valence-corrected chi connectivity index (χ1v) is 8.25. The smallest absolute Gasteiger partial charge is 0.142 e. The lowest BCUT2D eigenvalue weighted by Crippen LogP contribution is -2.12. The van der Waals surface area contributed by atoms with Gasteiger partial charge in [-0.05, 0) is 48.7 Å². The van der Waals surface area contributed by atoms with Crippen LogP contribution in [0, 0.1) is 0 Å². The fourth-order valence-corrected chi connectivity index (χ4v) is 2.20. The van der Waals surface area contributed by atoms with Gasteiger partial charge in [0.25, 0.3) is 0 Å². The molecule has 0 saturated carbocycles. The number of rotatable bonds is 8. The number of nitrogen functional groups attached to an aromatic ring is 1. The minimum absolute atomic E-state index is 0.0159. The Bertz CT molecular complexity index is 668. The molecule has 128 valence electrons. The number of halogens is 1. The minimum Gasteiger partial charge on any atom is -0.489 e. The maximum absolute atomic E-state index is 12.2. The van der Waals surface area contributed by atoms with E-state index in [1.54, 1.807) is 6.07 Å². The summed E-state index contributed by atoms with van der Waals surface area (Å²) >= 11 is 0. The van der Waals surface area contributed by atoms with Gasteiger partial charge >= 0.3 is 0 Å². The van der Waals surface area contributed by atoms with E-state index in [1.165, 1.54) is 0 Å². The van der Waals surface area contributed by atoms with Crippen LogP contribution in [0.1, 0.15) is 31.4 Å². The standard InChI is InChI=1S/C20H25FN2O/c1-3-15(2)23-18-9-6-16(7-10-18)4-5-17-8-11-19(22)20(14-17)24-13-12-21/h4-11,14-15,23H,3,12-13,22H2,1-2H3. The topological polar surface area (TPSA) is 47.3 Å². The van der Waals surface area contributed by atoms with Gasteiger partial charge < -0.3 is 15.8 Å². The van der Waals surface area contributed by atoms with Crippen molar-refractivity contribution in [3.63, 3.8) is 0 Å². The molecule has 0 aliphatic heterocycles. The van der Waals surface area contributed by atoms with Gasteiger partial charge in [0.05, 0.1) is 5.69 Å². The van der Waals surface area contributed by atoms with Crippen molar-refractivity contribution in [1.82, 2.24) is 0 Å². The molecule has 24 heavy (non-hydrogen) atoms. The summed E-state index contributed by atoms with van der Waals surface area (Å²) in [7, 11) is 0. The number of hydrogen-bond acceptors (Lipinski definition) is 3. The Labute approximate surface area is 143 Å². The van der Waals surface area contributed by atoms with Gasteiger partial charge in [-0.25, -0.2) is 4.39 Å². The molecule has 1 unspecified atom stereocenters. The molecule has 0 bridgehead atoms. The summed E-state index contributed by atoms with van der Waals surface area (Å²) in [4.78, 5) is 0. The van der Waals surface area contributed by atoms with Gasteiger partial charge in [-0.2, -0.15) is 0 Å². The lowest BCUT2D eigenvalue weighted by molar-refractivity contribution is 0.274. The first kappa shape index (κ1) is 17.9. The van der Waals surface area contributed by atoms with E-state index in [0.29, 0.717) is 17.5 Å². The molecule has 0 radical (unpaired) electrons. The Morgan fingerprint density at radius 3 is 2.46 bits per heavy atom. The number of nitrogens with one attached hydrogen (secondary N) is 1. The van der Waals surface area contributed by atoms with Crippen molar-refractivity contribution in [2.75, 3.05) is 24.3 Å². The van der Waals surface area contributed by atoms with Crippen LogP contribution >= 0.6 is 0 Å². The molecule has 0 saturated heterocycles. The predicted molar refractivity (Wildman–Crippen MR) is 101 cm³/mol. The number of hydrogen-bond donors (Lipinski definition) is 2. The number of nitrogens with two attached hydrogens (primary N) is 1. The third-order valence-electron chi connectivity index (χ3n) is 3.78. The van der Waals surface area contributed by atoms with Crippen LogP contribution in [0.3, 0.4) is 0 Å². The van der Waals surface area contributed by atoms with Crippen LogP contribution in [0.2, 0.25) is 0 Å². The molecule has 2 aromatic carbocycles. The van der Waals surface area contributed by atoms with Crippen LogP contribution in [0.4, 0.5) is 15.8 Å². The Balaban J connectivity index is 2.04. The van der Waals surface area contributed by atoms with Crippen molar-refractivity contribution in [2.45, 2.75) is 26.3 Å². The van der Waals surface area contributed by atoms with E-state index in [4.69, 9.17) is 10.5 Å². The van der Waals surface area contributed by atoms with Gasteiger partial charge in [0, 0.05) is 11.7 Å². The van der Waals surface area contributed by atoms with E-state index in [-0.39, 0.29) is 6.61 Å². The average Bonchev–Trinajstić information content (AvgIpc) is 2.61. The van der Waals surface area contributed by atoms with Crippen molar-refractivity contribution in [1.29, 1.82) is 0 Å². The zero-order valence-corrected chi connectivity index (χ0v) is 14.3. The molecule has 0 aromatic heterocycles. The summed E-state index contributed by atoms with van der Waals surface area (Å²) in [6.45, 7) is 3.81. The summed E-state index contributed by atoms with van der Waals surface area (Å²) in [5.41, 5.74) is 9.53. The Morgan fingerprint density at radius 1 is 1.12 bits per heavy atom. The Morgan fingerprint density at radius 2 is 1.79 bits per heavy atom. The van der Waals surface area contributed by atoms with Crippen LogP contribution in [0.15, 0.2) is 42.5 Å². The second-order valence-corrected chi connectivity index (χ2v) is 5.74. The van der Waals surface area contributed by atoms with Crippen LogP contribution in [0.25, 0.3) is 12.2 Å². The second kappa shape index (κ2) is 8.96. The fourth-order valence-electron chi connectivity index (χ4n) is 2.20. The summed E-state index contributed by atoms with van der Waals surface area (Å²) < 4.78 is 17.5. The summed E-state index contributed by atoms with van der Waals surface area (Å²) in [6.07, 6.45) is 5.10. The van der Waals surface area contributed by atoms with Crippen LogP contribution in [-0.4, -0.2) is 19.3 Å². The van der Waals surface area contributed by atoms with Gasteiger partial charge in [-0.1, -0.05) is 37.3 Å². The zero-order chi connectivity index (χ0) is 17.4. The number of alkyl halides is 1.